The number of likely N-dealkylation sites (tertiary alicyclic amines) is 1. The first-order chi connectivity index (χ1) is 10.6. The molecule has 0 aromatic carbocycles. The van der Waals surface area contributed by atoms with Gasteiger partial charge in [-0.15, -0.1) is 0 Å². The van der Waals surface area contributed by atoms with E-state index in [0.29, 0.717) is 19.0 Å². The van der Waals surface area contributed by atoms with Gasteiger partial charge >= 0.3 is 5.97 Å². The van der Waals surface area contributed by atoms with Crippen molar-refractivity contribution >= 4 is 11.9 Å². The van der Waals surface area contributed by atoms with E-state index in [2.05, 4.69) is 0 Å². The average molecular weight is 312 g/mol. The van der Waals surface area contributed by atoms with Crippen molar-refractivity contribution < 1.29 is 19.1 Å². The number of carbonyl (C=O) groups excluding carboxylic acids is 2. The summed E-state index contributed by atoms with van der Waals surface area (Å²) in [6, 6.07) is -0.0303. The van der Waals surface area contributed by atoms with Crippen molar-refractivity contribution in [3.05, 3.63) is 0 Å². The van der Waals surface area contributed by atoms with E-state index in [0.717, 1.165) is 12.8 Å². The third-order valence-electron chi connectivity index (χ3n) is 5.03. The second-order valence-electron chi connectivity index (χ2n) is 6.36. The number of likely N-dealkylation sites (N-methyl/N-ethyl adjacent to an activating group) is 1. The molecule has 0 aromatic heterocycles. The van der Waals surface area contributed by atoms with Gasteiger partial charge in [0.25, 0.3) is 0 Å². The first-order valence-corrected chi connectivity index (χ1v) is 8.17. The van der Waals surface area contributed by atoms with Gasteiger partial charge in [-0.1, -0.05) is 19.3 Å². The van der Waals surface area contributed by atoms with Crippen LogP contribution in [0, 0.1) is 0 Å². The molecule has 2 atom stereocenters. The number of ether oxygens (including phenoxy) is 2. The van der Waals surface area contributed by atoms with Gasteiger partial charge in [0.05, 0.1) is 19.8 Å². The van der Waals surface area contributed by atoms with Crippen LogP contribution in [0.2, 0.25) is 0 Å². The molecule has 0 spiro atoms. The van der Waals surface area contributed by atoms with Gasteiger partial charge in [0.2, 0.25) is 5.91 Å². The lowest BCUT2D eigenvalue weighted by Gasteiger charge is -2.33. The summed E-state index contributed by atoms with van der Waals surface area (Å²) >= 11 is 0. The largest absolute Gasteiger partial charge is 0.468 e. The maximum Gasteiger partial charge on any atom is 0.323 e. The molecule has 0 N–H and O–H groups in total. The number of amides is 1. The fourth-order valence-corrected chi connectivity index (χ4v) is 3.55. The molecule has 1 amide bonds. The molecule has 2 aliphatic rings. The highest BCUT2D eigenvalue weighted by Gasteiger charge is 2.39. The van der Waals surface area contributed by atoms with Crippen LogP contribution in [0.25, 0.3) is 0 Å². The summed E-state index contributed by atoms with van der Waals surface area (Å²) in [5, 5.41) is 0. The number of hydrogen-bond acceptors (Lipinski definition) is 5. The Morgan fingerprint density at radius 1 is 1.18 bits per heavy atom. The van der Waals surface area contributed by atoms with E-state index in [1.54, 1.807) is 7.11 Å². The SMILES string of the molecule is COC(=O)[C@H]1C[C@@H](OC)CN1CC(=O)N(C)C1CCCCC1. The maximum absolute atomic E-state index is 12.5. The minimum atomic E-state index is -0.376. The molecule has 2 fully saturated rings. The maximum atomic E-state index is 12.5. The highest BCUT2D eigenvalue weighted by Crippen LogP contribution is 2.24. The lowest BCUT2D eigenvalue weighted by Crippen LogP contribution is -2.47. The molecule has 0 bridgehead atoms. The summed E-state index contributed by atoms with van der Waals surface area (Å²) in [6.45, 7) is 0.854. The van der Waals surface area contributed by atoms with Crippen LogP contribution in [0.5, 0.6) is 0 Å². The fourth-order valence-electron chi connectivity index (χ4n) is 3.55. The third kappa shape index (κ3) is 3.98. The van der Waals surface area contributed by atoms with Crippen LogP contribution in [0.15, 0.2) is 0 Å². The Hall–Kier alpha value is -1.14. The summed E-state index contributed by atoms with van der Waals surface area (Å²) in [5.41, 5.74) is 0. The first-order valence-electron chi connectivity index (χ1n) is 8.17. The zero-order valence-corrected chi connectivity index (χ0v) is 13.9. The smallest absolute Gasteiger partial charge is 0.323 e. The van der Waals surface area contributed by atoms with Crippen molar-refractivity contribution in [2.24, 2.45) is 0 Å². The Morgan fingerprint density at radius 2 is 1.86 bits per heavy atom. The van der Waals surface area contributed by atoms with Gasteiger partial charge in [-0.3, -0.25) is 14.5 Å². The van der Waals surface area contributed by atoms with E-state index in [1.165, 1.54) is 26.4 Å². The van der Waals surface area contributed by atoms with Gasteiger partial charge in [-0.2, -0.15) is 0 Å². The molecule has 1 saturated heterocycles. The van der Waals surface area contributed by atoms with Crippen LogP contribution < -0.4 is 0 Å². The third-order valence-corrected chi connectivity index (χ3v) is 5.03. The van der Waals surface area contributed by atoms with Gasteiger partial charge in [-0.25, -0.2) is 0 Å². The van der Waals surface area contributed by atoms with Crippen molar-refractivity contribution in [1.29, 1.82) is 0 Å². The van der Waals surface area contributed by atoms with Crippen LogP contribution in [0.4, 0.5) is 0 Å². The Labute approximate surface area is 132 Å². The molecule has 0 radical (unpaired) electrons. The molecule has 1 saturated carbocycles. The molecule has 22 heavy (non-hydrogen) atoms. The molecule has 1 aliphatic heterocycles. The van der Waals surface area contributed by atoms with Crippen LogP contribution in [-0.2, 0) is 19.1 Å². The van der Waals surface area contributed by atoms with Gasteiger partial charge in [-0.05, 0) is 12.8 Å². The summed E-state index contributed by atoms with van der Waals surface area (Å²) in [6.07, 6.45) is 6.41. The normalized spacial score (nSPS) is 26.9. The average Bonchev–Trinajstić information content (AvgIpc) is 2.97. The van der Waals surface area contributed by atoms with E-state index in [1.807, 2.05) is 16.8 Å². The number of methoxy groups -OCH3 is 2. The lowest BCUT2D eigenvalue weighted by atomic mass is 9.94. The summed E-state index contributed by atoms with van der Waals surface area (Å²) in [7, 11) is 4.91. The number of hydrogen-bond donors (Lipinski definition) is 0. The minimum Gasteiger partial charge on any atom is -0.468 e. The van der Waals surface area contributed by atoms with Crippen molar-refractivity contribution in [2.45, 2.75) is 56.7 Å². The second-order valence-corrected chi connectivity index (χ2v) is 6.36. The van der Waals surface area contributed by atoms with E-state index in [4.69, 9.17) is 9.47 Å². The zero-order chi connectivity index (χ0) is 16.1. The van der Waals surface area contributed by atoms with Gasteiger partial charge in [0.1, 0.15) is 6.04 Å². The van der Waals surface area contributed by atoms with Gasteiger partial charge in [0.15, 0.2) is 0 Å². The van der Waals surface area contributed by atoms with Gasteiger partial charge in [0, 0.05) is 33.2 Å². The standard InChI is InChI=1S/C16H28N2O4/c1-17(12-7-5-4-6-8-12)15(19)11-18-10-13(21-2)9-14(18)16(20)22-3/h12-14H,4-11H2,1-3H3/t13-,14-/m1/s1. The van der Waals surface area contributed by atoms with E-state index < -0.39 is 0 Å². The fraction of sp³-hybridized carbons (Fsp3) is 0.875. The van der Waals surface area contributed by atoms with Crippen LogP contribution in [-0.4, -0.2) is 74.2 Å². The summed E-state index contributed by atoms with van der Waals surface area (Å²) < 4.78 is 10.2. The van der Waals surface area contributed by atoms with Crippen LogP contribution in [0.1, 0.15) is 38.5 Å². The predicted molar refractivity (Wildman–Crippen MR) is 82.4 cm³/mol. The first kappa shape index (κ1) is 17.2. The molecule has 0 aromatic rings. The second kappa shape index (κ2) is 7.92. The van der Waals surface area contributed by atoms with Crippen molar-refractivity contribution in [1.82, 2.24) is 9.80 Å². The molecular weight excluding hydrogens is 284 g/mol. The van der Waals surface area contributed by atoms with E-state index in [9.17, 15) is 9.59 Å². The van der Waals surface area contributed by atoms with E-state index in [-0.39, 0.29) is 30.6 Å². The van der Waals surface area contributed by atoms with Gasteiger partial charge < -0.3 is 14.4 Å². The number of esters is 1. The summed E-state index contributed by atoms with van der Waals surface area (Å²) in [5.74, 6) is -0.203. The molecule has 2 rings (SSSR count). The predicted octanol–water partition coefficient (Wildman–Crippen LogP) is 1.04. The van der Waals surface area contributed by atoms with Crippen LogP contribution >= 0.6 is 0 Å². The van der Waals surface area contributed by atoms with Crippen molar-refractivity contribution in [2.75, 3.05) is 34.4 Å². The highest BCUT2D eigenvalue weighted by molar-refractivity contribution is 5.81. The number of carbonyl (C=O) groups is 2. The zero-order valence-electron chi connectivity index (χ0n) is 13.9. The topological polar surface area (TPSA) is 59.1 Å². The Bertz CT molecular complexity index is 396. The van der Waals surface area contributed by atoms with Crippen molar-refractivity contribution in [3.8, 4) is 0 Å². The highest BCUT2D eigenvalue weighted by atomic mass is 16.5. The molecule has 126 valence electrons. The molecule has 6 nitrogen and oxygen atoms in total. The summed E-state index contributed by atoms with van der Waals surface area (Å²) in [4.78, 5) is 28.2. The Morgan fingerprint density at radius 3 is 2.45 bits per heavy atom. The molecular formula is C16H28N2O4. The van der Waals surface area contributed by atoms with E-state index >= 15 is 0 Å². The van der Waals surface area contributed by atoms with Crippen molar-refractivity contribution in [3.63, 3.8) is 0 Å². The molecule has 1 heterocycles. The molecule has 6 heteroatoms. The monoisotopic (exact) mass is 312 g/mol. The molecule has 1 aliphatic carbocycles. The number of nitrogens with zero attached hydrogens (tertiary/aromatic N) is 2. The Kier molecular flexibility index (Phi) is 6.20. The lowest BCUT2D eigenvalue weighted by molar-refractivity contribution is -0.147. The Balaban J connectivity index is 1.94. The molecule has 0 unspecified atom stereocenters. The number of rotatable bonds is 5. The quantitative estimate of drug-likeness (QED) is 0.710. The minimum absolute atomic E-state index is 0.0168. The van der Waals surface area contributed by atoms with Crippen LogP contribution in [0.3, 0.4) is 0 Å².